The van der Waals surface area contributed by atoms with Crippen LogP contribution in [-0.2, 0) is 14.8 Å². The number of primary sulfonamides is 1. The topological polar surface area (TPSA) is 89.7 Å². The highest BCUT2D eigenvalue weighted by Crippen LogP contribution is 2.19. The zero-order chi connectivity index (χ0) is 15.3. The van der Waals surface area contributed by atoms with E-state index in [1.54, 1.807) is 7.05 Å². The monoisotopic (exact) mass is 320 g/mol. The Labute approximate surface area is 123 Å². The van der Waals surface area contributed by atoms with Gasteiger partial charge in [0.05, 0.1) is 11.5 Å². The summed E-state index contributed by atoms with van der Waals surface area (Å²) in [4.78, 5) is 13.4. The van der Waals surface area contributed by atoms with E-state index in [1.165, 1.54) is 23.1 Å². The van der Waals surface area contributed by atoms with Crippen LogP contribution < -0.4 is 5.14 Å². The molecule has 1 rings (SSSR count). The molecule has 1 aromatic rings. The average molecular weight is 321 g/mol. The molecule has 0 radical (unpaired) electrons. The summed E-state index contributed by atoms with van der Waals surface area (Å²) < 4.78 is 27.8. The summed E-state index contributed by atoms with van der Waals surface area (Å²) in [5, 5.41) is 5.17. The maximum Gasteiger partial charge on any atom is 0.253 e. The van der Waals surface area contributed by atoms with Crippen molar-refractivity contribution in [3.05, 3.63) is 28.8 Å². The number of hydrogen-bond acceptors (Lipinski definition) is 4. The highest BCUT2D eigenvalue weighted by molar-refractivity contribution is 7.89. The number of amides is 1. The predicted molar refractivity (Wildman–Crippen MR) is 76.3 cm³/mol. The number of halogens is 1. The molecule has 1 aromatic carbocycles. The Morgan fingerprint density at radius 2 is 2.05 bits per heavy atom. The molecule has 2 N–H and O–H groups in total. The van der Waals surface area contributed by atoms with Gasteiger partial charge in [-0.05, 0) is 25.1 Å². The van der Waals surface area contributed by atoms with Gasteiger partial charge in [0.25, 0.3) is 5.91 Å². The zero-order valence-corrected chi connectivity index (χ0v) is 12.9. The van der Waals surface area contributed by atoms with Crippen LogP contribution in [0.15, 0.2) is 23.1 Å². The minimum Gasteiger partial charge on any atom is -0.380 e. The number of carbonyl (C=O) groups is 1. The summed E-state index contributed by atoms with van der Waals surface area (Å²) in [6.07, 6.45) is 0. The molecule has 112 valence electrons. The van der Waals surface area contributed by atoms with Crippen molar-refractivity contribution in [2.45, 2.75) is 11.8 Å². The molecule has 0 aromatic heterocycles. The molecule has 6 nitrogen and oxygen atoms in total. The van der Waals surface area contributed by atoms with Gasteiger partial charge in [0.2, 0.25) is 10.0 Å². The number of rotatable bonds is 6. The SMILES string of the molecule is CCOCCN(C)C(=O)c1cc(Cl)cc(S(N)(=O)=O)c1. The summed E-state index contributed by atoms with van der Waals surface area (Å²) in [7, 11) is -2.31. The molecule has 0 aliphatic heterocycles. The van der Waals surface area contributed by atoms with Crippen LogP contribution in [0.5, 0.6) is 0 Å². The van der Waals surface area contributed by atoms with Crippen molar-refractivity contribution in [2.75, 3.05) is 26.8 Å². The van der Waals surface area contributed by atoms with Crippen LogP contribution in [0.1, 0.15) is 17.3 Å². The van der Waals surface area contributed by atoms with E-state index in [0.29, 0.717) is 19.8 Å². The van der Waals surface area contributed by atoms with Gasteiger partial charge in [0, 0.05) is 30.8 Å². The molecule has 0 atom stereocenters. The van der Waals surface area contributed by atoms with Crippen molar-refractivity contribution >= 4 is 27.5 Å². The summed E-state index contributed by atoms with van der Waals surface area (Å²) >= 11 is 5.82. The summed E-state index contributed by atoms with van der Waals surface area (Å²) in [5.74, 6) is -0.350. The Morgan fingerprint density at radius 1 is 1.40 bits per heavy atom. The van der Waals surface area contributed by atoms with Gasteiger partial charge in [0.15, 0.2) is 0 Å². The van der Waals surface area contributed by atoms with Gasteiger partial charge in [-0.2, -0.15) is 0 Å². The maximum absolute atomic E-state index is 12.1. The maximum atomic E-state index is 12.1. The Hall–Kier alpha value is -1.15. The van der Waals surface area contributed by atoms with E-state index in [9.17, 15) is 13.2 Å². The number of benzene rings is 1. The first kappa shape index (κ1) is 16.9. The van der Waals surface area contributed by atoms with Crippen molar-refractivity contribution in [1.29, 1.82) is 0 Å². The summed E-state index contributed by atoms with van der Waals surface area (Å²) in [5.41, 5.74) is 0.167. The lowest BCUT2D eigenvalue weighted by Crippen LogP contribution is -2.30. The lowest BCUT2D eigenvalue weighted by molar-refractivity contribution is 0.0709. The average Bonchev–Trinajstić information content (AvgIpc) is 2.36. The molecule has 0 saturated heterocycles. The second-order valence-corrected chi connectivity index (χ2v) is 6.14. The molecular weight excluding hydrogens is 304 g/mol. The molecule has 1 amide bonds. The molecule has 0 aliphatic carbocycles. The van der Waals surface area contributed by atoms with Crippen molar-refractivity contribution in [3.63, 3.8) is 0 Å². The largest absolute Gasteiger partial charge is 0.380 e. The first-order chi connectivity index (χ1) is 9.25. The summed E-state index contributed by atoms with van der Waals surface area (Å²) in [6.45, 7) is 3.22. The highest BCUT2D eigenvalue weighted by Gasteiger charge is 2.16. The molecule has 0 saturated carbocycles. The second kappa shape index (κ2) is 7.03. The predicted octanol–water partition coefficient (Wildman–Crippen LogP) is 1.10. The first-order valence-electron chi connectivity index (χ1n) is 5.92. The van der Waals surface area contributed by atoms with Gasteiger partial charge in [-0.15, -0.1) is 0 Å². The van der Waals surface area contributed by atoms with Crippen LogP contribution in [0.2, 0.25) is 5.02 Å². The number of sulfonamides is 1. The van der Waals surface area contributed by atoms with Crippen LogP contribution >= 0.6 is 11.6 Å². The molecular formula is C12H17ClN2O4S. The third-order valence-corrected chi connectivity index (χ3v) is 3.68. The number of nitrogens with zero attached hydrogens (tertiary/aromatic N) is 1. The minimum atomic E-state index is -3.91. The molecule has 0 heterocycles. The van der Waals surface area contributed by atoms with Crippen LogP contribution in [-0.4, -0.2) is 46.0 Å². The van der Waals surface area contributed by atoms with E-state index < -0.39 is 10.0 Å². The fourth-order valence-corrected chi connectivity index (χ4v) is 2.40. The molecule has 0 spiro atoms. The van der Waals surface area contributed by atoms with Crippen molar-refractivity contribution < 1.29 is 17.9 Å². The van der Waals surface area contributed by atoms with E-state index in [0.717, 1.165) is 0 Å². The molecule has 0 fully saturated rings. The number of hydrogen-bond donors (Lipinski definition) is 1. The van der Waals surface area contributed by atoms with Gasteiger partial charge in [-0.25, -0.2) is 13.6 Å². The number of likely N-dealkylation sites (N-methyl/N-ethyl adjacent to an activating group) is 1. The third kappa shape index (κ3) is 4.75. The molecule has 20 heavy (non-hydrogen) atoms. The zero-order valence-electron chi connectivity index (χ0n) is 11.3. The first-order valence-corrected chi connectivity index (χ1v) is 7.84. The standard InChI is InChI=1S/C12H17ClN2O4S/c1-3-19-5-4-15(2)12(16)9-6-10(13)8-11(7-9)20(14,17)18/h6-8H,3-5H2,1-2H3,(H2,14,17,18). The summed E-state index contributed by atoms with van der Waals surface area (Å²) in [6, 6.07) is 3.81. The van der Waals surface area contributed by atoms with Crippen LogP contribution in [0.25, 0.3) is 0 Å². The number of ether oxygens (including phenoxy) is 1. The lowest BCUT2D eigenvalue weighted by Gasteiger charge is -2.17. The van der Waals surface area contributed by atoms with E-state index in [2.05, 4.69) is 0 Å². The van der Waals surface area contributed by atoms with Crippen molar-refractivity contribution in [2.24, 2.45) is 5.14 Å². The molecule has 0 aliphatic rings. The minimum absolute atomic E-state index is 0.137. The van der Waals surface area contributed by atoms with Crippen LogP contribution in [0, 0.1) is 0 Å². The number of carbonyl (C=O) groups excluding carboxylic acids is 1. The highest BCUT2D eigenvalue weighted by atomic mass is 35.5. The Morgan fingerprint density at radius 3 is 2.60 bits per heavy atom. The van der Waals surface area contributed by atoms with Gasteiger partial charge in [0.1, 0.15) is 0 Å². The fourth-order valence-electron chi connectivity index (χ4n) is 1.52. The smallest absolute Gasteiger partial charge is 0.253 e. The Kier molecular flexibility index (Phi) is 5.94. The van der Waals surface area contributed by atoms with Crippen LogP contribution in [0.4, 0.5) is 0 Å². The van der Waals surface area contributed by atoms with Gasteiger partial charge >= 0.3 is 0 Å². The quantitative estimate of drug-likeness (QED) is 0.795. The normalized spacial score (nSPS) is 11.4. The van der Waals surface area contributed by atoms with Gasteiger partial charge < -0.3 is 9.64 Å². The van der Waals surface area contributed by atoms with E-state index in [-0.39, 0.29) is 21.4 Å². The Bertz CT molecular complexity index is 589. The van der Waals surface area contributed by atoms with Crippen LogP contribution in [0.3, 0.4) is 0 Å². The molecule has 0 bridgehead atoms. The Balaban J connectivity index is 2.96. The van der Waals surface area contributed by atoms with E-state index in [1.807, 2.05) is 6.92 Å². The second-order valence-electron chi connectivity index (χ2n) is 4.14. The van der Waals surface area contributed by atoms with Crippen molar-refractivity contribution in [3.8, 4) is 0 Å². The lowest BCUT2D eigenvalue weighted by atomic mass is 10.2. The molecule has 0 unspecified atom stereocenters. The van der Waals surface area contributed by atoms with Gasteiger partial charge in [-0.3, -0.25) is 4.79 Å². The third-order valence-electron chi connectivity index (χ3n) is 2.57. The van der Waals surface area contributed by atoms with E-state index in [4.69, 9.17) is 21.5 Å². The number of nitrogens with two attached hydrogens (primary N) is 1. The molecule has 8 heteroatoms. The van der Waals surface area contributed by atoms with Gasteiger partial charge in [-0.1, -0.05) is 11.6 Å². The van der Waals surface area contributed by atoms with Crippen molar-refractivity contribution in [1.82, 2.24) is 4.90 Å². The fraction of sp³-hybridized carbons (Fsp3) is 0.417. The van der Waals surface area contributed by atoms with E-state index >= 15 is 0 Å².